The SMILES string of the molecule is COC(C)C(=O)Nc1ccc(N)cn1. The molecule has 1 atom stereocenters. The normalized spacial score (nSPS) is 12.1. The Labute approximate surface area is 82.3 Å². The second kappa shape index (κ2) is 4.57. The lowest BCUT2D eigenvalue weighted by atomic mass is 10.3. The van der Waals surface area contributed by atoms with Crippen molar-refractivity contribution in [2.75, 3.05) is 18.2 Å². The molecule has 1 rings (SSSR count). The molecule has 1 amide bonds. The van der Waals surface area contributed by atoms with E-state index in [0.29, 0.717) is 11.5 Å². The van der Waals surface area contributed by atoms with Gasteiger partial charge >= 0.3 is 0 Å². The van der Waals surface area contributed by atoms with Crippen LogP contribution in [0.2, 0.25) is 0 Å². The Kier molecular flexibility index (Phi) is 3.41. The van der Waals surface area contributed by atoms with Crippen LogP contribution in [0.25, 0.3) is 0 Å². The molecule has 14 heavy (non-hydrogen) atoms. The van der Waals surface area contributed by atoms with Gasteiger partial charge in [0.15, 0.2) is 0 Å². The minimum Gasteiger partial charge on any atom is -0.397 e. The summed E-state index contributed by atoms with van der Waals surface area (Å²) in [5.41, 5.74) is 6.00. The predicted molar refractivity (Wildman–Crippen MR) is 53.8 cm³/mol. The number of anilines is 2. The molecule has 0 saturated heterocycles. The minimum absolute atomic E-state index is 0.232. The monoisotopic (exact) mass is 195 g/mol. The largest absolute Gasteiger partial charge is 0.397 e. The van der Waals surface area contributed by atoms with Gasteiger partial charge in [-0.25, -0.2) is 4.98 Å². The van der Waals surface area contributed by atoms with Crippen molar-refractivity contribution in [1.29, 1.82) is 0 Å². The van der Waals surface area contributed by atoms with Gasteiger partial charge < -0.3 is 15.8 Å². The van der Waals surface area contributed by atoms with Crippen LogP contribution in [0.4, 0.5) is 11.5 Å². The van der Waals surface area contributed by atoms with Gasteiger partial charge in [-0.05, 0) is 19.1 Å². The first-order chi connectivity index (χ1) is 6.63. The third-order valence-corrected chi connectivity index (χ3v) is 1.76. The zero-order valence-corrected chi connectivity index (χ0v) is 8.15. The molecule has 0 fully saturated rings. The Bertz CT molecular complexity index is 310. The molecule has 1 unspecified atom stereocenters. The van der Waals surface area contributed by atoms with Gasteiger partial charge in [-0.15, -0.1) is 0 Å². The molecule has 3 N–H and O–H groups in total. The summed E-state index contributed by atoms with van der Waals surface area (Å²) in [6.45, 7) is 1.66. The van der Waals surface area contributed by atoms with Gasteiger partial charge in [0.1, 0.15) is 11.9 Å². The number of carbonyl (C=O) groups excluding carboxylic acids is 1. The number of hydrogen-bond acceptors (Lipinski definition) is 4. The lowest BCUT2D eigenvalue weighted by Crippen LogP contribution is -2.26. The number of nitrogens with zero attached hydrogens (tertiary/aromatic N) is 1. The maximum atomic E-state index is 11.3. The van der Waals surface area contributed by atoms with E-state index in [2.05, 4.69) is 10.3 Å². The van der Waals surface area contributed by atoms with Crippen molar-refractivity contribution in [2.24, 2.45) is 0 Å². The molecule has 0 aromatic carbocycles. The molecule has 0 saturated carbocycles. The van der Waals surface area contributed by atoms with Crippen molar-refractivity contribution < 1.29 is 9.53 Å². The van der Waals surface area contributed by atoms with Crippen molar-refractivity contribution >= 4 is 17.4 Å². The van der Waals surface area contributed by atoms with Crippen LogP contribution in [0, 0.1) is 0 Å². The lowest BCUT2D eigenvalue weighted by Gasteiger charge is -2.09. The van der Waals surface area contributed by atoms with Gasteiger partial charge in [-0.1, -0.05) is 0 Å². The van der Waals surface area contributed by atoms with Crippen molar-refractivity contribution in [3.8, 4) is 0 Å². The molecule has 0 radical (unpaired) electrons. The smallest absolute Gasteiger partial charge is 0.254 e. The Morgan fingerprint density at radius 2 is 2.36 bits per heavy atom. The number of methoxy groups -OCH3 is 1. The summed E-state index contributed by atoms with van der Waals surface area (Å²) in [7, 11) is 1.47. The van der Waals surface area contributed by atoms with Crippen molar-refractivity contribution in [1.82, 2.24) is 4.98 Å². The summed E-state index contributed by atoms with van der Waals surface area (Å²) in [6, 6.07) is 3.30. The summed E-state index contributed by atoms with van der Waals surface area (Å²) in [5.74, 6) is 0.234. The van der Waals surface area contributed by atoms with Gasteiger partial charge in [0, 0.05) is 7.11 Å². The molecule has 1 heterocycles. The molecular weight excluding hydrogens is 182 g/mol. The van der Waals surface area contributed by atoms with Gasteiger partial charge in [-0.3, -0.25) is 4.79 Å². The standard InChI is InChI=1S/C9H13N3O2/c1-6(14-2)9(13)12-8-4-3-7(10)5-11-8/h3-6H,10H2,1-2H3,(H,11,12,13). The molecule has 76 valence electrons. The average Bonchev–Trinajstić information content (AvgIpc) is 2.20. The summed E-state index contributed by atoms with van der Waals surface area (Å²) in [6.07, 6.45) is 0.988. The first-order valence-electron chi connectivity index (χ1n) is 4.18. The average molecular weight is 195 g/mol. The van der Waals surface area contributed by atoms with E-state index < -0.39 is 6.10 Å². The maximum Gasteiger partial charge on any atom is 0.254 e. The second-order valence-corrected chi connectivity index (χ2v) is 2.84. The van der Waals surface area contributed by atoms with Crippen molar-refractivity contribution in [3.05, 3.63) is 18.3 Å². The Morgan fingerprint density at radius 3 is 2.86 bits per heavy atom. The van der Waals surface area contributed by atoms with Crippen LogP contribution in [-0.2, 0) is 9.53 Å². The van der Waals surface area contributed by atoms with Crippen LogP contribution in [0.3, 0.4) is 0 Å². The zero-order chi connectivity index (χ0) is 10.6. The van der Waals surface area contributed by atoms with Crippen molar-refractivity contribution in [2.45, 2.75) is 13.0 Å². The zero-order valence-electron chi connectivity index (χ0n) is 8.15. The molecular formula is C9H13N3O2. The van der Waals surface area contributed by atoms with E-state index in [1.165, 1.54) is 13.3 Å². The van der Waals surface area contributed by atoms with Crippen LogP contribution < -0.4 is 11.1 Å². The van der Waals surface area contributed by atoms with Crippen LogP contribution in [0.15, 0.2) is 18.3 Å². The van der Waals surface area contributed by atoms with E-state index in [1.807, 2.05) is 0 Å². The van der Waals surface area contributed by atoms with E-state index in [0.717, 1.165) is 0 Å². The highest BCUT2D eigenvalue weighted by Crippen LogP contribution is 2.06. The lowest BCUT2D eigenvalue weighted by molar-refractivity contribution is -0.124. The first kappa shape index (κ1) is 10.5. The number of aromatic nitrogens is 1. The number of pyridine rings is 1. The number of nitrogen functional groups attached to an aromatic ring is 1. The highest BCUT2D eigenvalue weighted by molar-refractivity contribution is 5.93. The van der Waals surface area contributed by atoms with Crippen LogP contribution in [-0.4, -0.2) is 24.1 Å². The highest BCUT2D eigenvalue weighted by atomic mass is 16.5. The molecule has 0 bridgehead atoms. The number of nitrogens with one attached hydrogen (secondary N) is 1. The number of carbonyl (C=O) groups is 1. The second-order valence-electron chi connectivity index (χ2n) is 2.84. The molecule has 1 aromatic heterocycles. The van der Waals surface area contributed by atoms with Crippen LogP contribution >= 0.6 is 0 Å². The fourth-order valence-electron chi connectivity index (χ4n) is 0.814. The maximum absolute atomic E-state index is 11.3. The summed E-state index contributed by atoms with van der Waals surface area (Å²) < 4.78 is 4.84. The highest BCUT2D eigenvalue weighted by Gasteiger charge is 2.11. The number of rotatable bonds is 3. The molecule has 1 aromatic rings. The third-order valence-electron chi connectivity index (χ3n) is 1.76. The minimum atomic E-state index is -0.491. The van der Waals surface area contributed by atoms with Gasteiger partial charge in [0.25, 0.3) is 5.91 Å². The van der Waals surface area contributed by atoms with Gasteiger partial charge in [0.05, 0.1) is 11.9 Å². The van der Waals surface area contributed by atoms with E-state index >= 15 is 0 Å². The first-order valence-corrected chi connectivity index (χ1v) is 4.18. The van der Waals surface area contributed by atoms with Crippen LogP contribution in [0.1, 0.15) is 6.92 Å². The summed E-state index contributed by atoms with van der Waals surface area (Å²) in [5, 5.41) is 2.59. The number of amides is 1. The van der Waals surface area contributed by atoms with Gasteiger partial charge in [-0.2, -0.15) is 0 Å². The number of nitrogens with two attached hydrogens (primary N) is 1. The van der Waals surface area contributed by atoms with E-state index in [1.54, 1.807) is 19.1 Å². The fourth-order valence-corrected chi connectivity index (χ4v) is 0.814. The topological polar surface area (TPSA) is 77.2 Å². The summed E-state index contributed by atoms with van der Waals surface area (Å²) >= 11 is 0. The van der Waals surface area contributed by atoms with E-state index in [9.17, 15) is 4.79 Å². The predicted octanol–water partition coefficient (Wildman–Crippen LogP) is 0.637. The molecule has 0 spiro atoms. The summed E-state index contributed by atoms with van der Waals surface area (Å²) in [4.78, 5) is 15.2. The van der Waals surface area contributed by atoms with Crippen molar-refractivity contribution in [3.63, 3.8) is 0 Å². The quantitative estimate of drug-likeness (QED) is 0.741. The molecule has 0 aliphatic rings. The Hall–Kier alpha value is -1.62. The number of hydrogen-bond donors (Lipinski definition) is 2. The Morgan fingerprint density at radius 1 is 1.64 bits per heavy atom. The molecule has 0 aliphatic heterocycles. The van der Waals surface area contributed by atoms with Gasteiger partial charge in [0.2, 0.25) is 0 Å². The molecule has 0 aliphatic carbocycles. The van der Waals surface area contributed by atoms with E-state index in [4.69, 9.17) is 10.5 Å². The van der Waals surface area contributed by atoms with Crippen LogP contribution in [0.5, 0.6) is 0 Å². The van der Waals surface area contributed by atoms with E-state index in [-0.39, 0.29) is 5.91 Å². The Balaban J connectivity index is 2.60. The fraction of sp³-hybridized carbons (Fsp3) is 0.333. The molecule has 5 nitrogen and oxygen atoms in total. The number of ether oxygens (including phenoxy) is 1. The molecule has 5 heteroatoms. The third kappa shape index (κ3) is 2.70.